The summed E-state index contributed by atoms with van der Waals surface area (Å²) in [6.07, 6.45) is 4.11. The van der Waals surface area contributed by atoms with Crippen LogP contribution >= 0.6 is 0 Å². The van der Waals surface area contributed by atoms with Crippen molar-refractivity contribution in [2.24, 2.45) is 0 Å². The summed E-state index contributed by atoms with van der Waals surface area (Å²) >= 11 is 0. The molecule has 0 aliphatic carbocycles. The maximum Gasteiger partial charge on any atom is 0.185 e. The average molecular weight is 407 g/mol. The molecule has 1 atom stereocenters. The predicted octanol–water partition coefficient (Wildman–Crippen LogP) is 5.63. The Morgan fingerprint density at radius 3 is 2.37 bits per heavy atom. The summed E-state index contributed by atoms with van der Waals surface area (Å²) in [4.78, 5) is 11.1. The van der Waals surface area contributed by atoms with Crippen LogP contribution in [0, 0.1) is 0 Å². The van der Waals surface area contributed by atoms with Crippen LogP contribution < -0.4 is 0 Å². The first-order chi connectivity index (χ1) is 14.8. The fourth-order valence-electron chi connectivity index (χ4n) is 3.35. The van der Waals surface area contributed by atoms with Crippen LogP contribution in [-0.4, -0.2) is 25.6 Å². The summed E-state index contributed by atoms with van der Waals surface area (Å²) < 4.78 is 17.5. The van der Waals surface area contributed by atoms with E-state index in [1.807, 2.05) is 42.5 Å². The predicted molar refractivity (Wildman–Crippen MR) is 118 cm³/mol. The van der Waals surface area contributed by atoms with Crippen LogP contribution in [0.2, 0.25) is 0 Å². The molecule has 4 nitrogen and oxygen atoms in total. The molecule has 0 bridgehead atoms. The van der Waals surface area contributed by atoms with Gasteiger partial charge in [-0.25, -0.2) is 0 Å². The standard InChI is InChI=1S/C26H30O4/c1-2-24(29-19-22-12-7-4-8-13-22)20-28-15-9-14-26-23(17-25(18-27)30-26)16-21-10-5-3-6-11-21/h3-8,10-13,17-18,24H,2,9,14-16,19-20H2,1H3/t24-/m1/s1. The van der Waals surface area contributed by atoms with E-state index < -0.39 is 0 Å². The number of ether oxygens (including phenoxy) is 2. The quantitative estimate of drug-likeness (QED) is 0.273. The Bertz CT molecular complexity index is 871. The molecule has 0 saturated heterocycles. The van der Waals surface area contributed by atoms with E-state index in [1.54, 1.807) is 0 Å². The van der Waals surface area contributed by atoms with Crippen LogP contribution in [-0.2, 0) is 28.9 Å². The lowest BCUT2D eigenvalue weighted by molar-refractivity contribution is -0.0267. The lowest BCUT2D eigenvalue weighted by Crippen LogP contribution is -2.19. The minimum Gasteiger partial charge on any atom is -0.458 e. The van der Waals surface area contributed by atoms with Crippen molar-refractivity contribution in [2.75, 3.05) is 13.2 Å². The number of benzene rings is 2. The highest BCUT2D eigenvalue weighted by Gasteiger charge is 2.12. The highest BCUT2D eigenvalue weighted by molar-refractivity contribution is 5.71. The van der Waals surface area contributed by atoms with E-state index in [9.17, 15) is 4.79 Å². The number of aryl methyl sites for hydroxylation is 1. The van der Waals surface area contributed by atoms with Crippen LogP contribution in [0.15, 0.2) is 71.1 Å². The van der Waals surface area contributed by atoms with Gasteiger partial charge in [0.25, 0.3) is 0 Å². The number of aldehydes is 1. The lowest BCUT2D eigenvalue weighted by atomic mass is 10.0. The van der Waals surface area contributed by atoms with Gasteiger partial charge in [-0.15, -0.1) is 0 Å². The van der Waals surface area contributed by atoms with Gasteiger partial charge in [0.1, 0.15) is 5.76 Å². The summed E-state index contributed by atoms with van der Waals surface area (Å²) in [7, 11) is 0. The third-order valence-electron chi connectivity index (χ3n) is 5.05. The van der Waals surface area contributed by atoms with Crippen molar-refractivity contribution in [3.8, 4) is 0 Å². The number of hydrogen-bond donors (Lipinski definition) is 0. The molecule has 3 rings (SSSR count). The number of rotatable bonds is 13. The van der Waals surface area contributed by atoms with E-state index in [-0.39, 0.29) is 6.10 Å². The molecule has 0 unspecified atom stereocenters. The number of carbonyl (C=O) groups excluding carboxylic acids is 1. The molecule has 0 amide bonds. The molecule has 0 fully saturated rings. The average Bonchev–Trinajstić information content (AvgIpc) is 3.18. The van der Waals surface area contributed by atoms with E-state index in [2.05, 4.69) is 31.2 Å². The summed E-state index contributed by atoms with van der Waals surface area (Å²) in [5.41, 5.74) is 3.45. The molecule has 4 heteroatoms. The molecule has 0 radical (unpaired) electrons. The van der Waals surface area contributed by atoms with Crippen molar-refractivity contribution in [1.29, 1.82) is 0 Å². The molecule has 3 aromatic rings. The van der Waals surface area contributed by atoms with Gasteiger partial charge in [-0.05, 0) is 35.6 Å². The summed E-state index contributed by atoms with van der Waals surface area (Å²) in [5, 5.41) is 0. The fourth-order valence-corrected chi connectivity index (χ4v) is 3.35. The molecular weight excluding hydrogens is 376 g/mol. The van der Waals surface area contributed by atoms with Gasteiger partial charge in [-0.1, -0.05) is 67.6 Å². The molecular formula is C26H30O4. The third-order valence-corrected chi connectivity index (χ3v) is 5.05. The molecule has 1 aromatic heterocycles. The normalized spacial score (nSPS) is 12.0. The molecule has 1 heterocycles. The second-order valence-corrected chi connectivity index (χ2v) is 7.38. The van der Waals surface area contributed by atoms with Crippen LogP contribution in [0.1, 0.15) is 52.8 Å². The van der Waals surface area contributed by atoms with Crippen molar-refractivity contribution in [3.05, 3.63) is 94.9 Å². The maximum absolute atomic E-state index is 11.1. The van der Waals surface area contributed by atoms with Gasteiger partial charge in [-0.3, -0.25) is 4.79 Å². The molecule has 30 heavy (non-hydrogen) atoms. The van der Waals surface area contributed by atoms with E-state index in [1.165, 1.54) is 11.1 Å². The zero-order valence-electron chi connectivity index (χ0n) is 17.6. The van der Waals surface area contributed by atoms with Gasteiger partial charge in [-0.2, -0.15) is 0 Å². The summed E-state index contributed by atoms with van der Waals surface area (Å²) in [6.45, 7) is 3.93. The second kappa shape index (κ2) is 12.1. The molecule has 0 aliphatic rings. The minimum absolute atomic E-state index is 0.0872. The monoisotopic (exact) mass is 406 g/mol. The van der Waals surface area contributed by atoms with Crippen molar-refractivity contribution >= 4 is 6.29 Å². The molecule has 2 aromatic carbocycles. The lowest BCUT2D eigenvalue weighted by Gasteiger charge is -2.16. The molecule has 0 saturated carbocycles. The maximum atomic E-state index is 11.1. The van der Waals surface area contributed by atoms with E-state index in [4.69, 9.17) is 13.9 Å². The van der Waals surface area contributed by atoms with Gasteiger partial charge in [0.05, 0.1) is 19.3 Å². The molecule has 158 valence electrons. The fraction of sp³-hybridized carbons (Fsp3) is 0.346. The smallest absolute Gasteiger partial charge is 0.185 e. The Labute approximate surface area is 178 Å². The minimum atomic E-state index is 0.0872. The van der Waals surface area contributed by atoms with Crippen molar-refractivity contribution in [1.82, 2.24) is 0 Å². The Morgan fingerprint density at radius 2 is 1.70 bits per heavy atom. The number of hydrogen-bond acceptors (Lipinski definition) is 4. The van der Waals surface area contributed by atoms with Crippen LogP contribution in [0.3, 0.4) is 0 Å². The zero-order valence-corrected chi connectivity index (χ0v) is 17.6. The van der Waals surface area contributed by atoms with Crippen molar-refractivity contribution in [2.45, 2.75) is 45.3 Å². The number of furan rings is 1. The van der Waals surface area contributed by atoms with Gasteiger partial charge >= 0.3 is 0 Å². The molecule has 0 N–H and O–H groups in total. The Kier molecular flexibility index (Phi) is 8.88. The Hall–Kier alpha value is -2.69. The second-order valence-electron chi connectivity index (χ2n) is 7.38. The van der Waals surface area contributed by atoms with Crippen molar-refractivity contribution in [3.63, 3.8) is 0 Å². The van der Waals surface area contributed by atoms with E-state index >= 15 is 0 Å². The summed E-state index contributed by atoms with van der Waals surface area (Å²) in [5.74, 6) is 1.26. The van der Waals surface area contributed by atoms with Crippen molar-refractivity contribution < 1.29 is 18.7 Å². The van der Waals surface area contributed by atoms with Crippen LogP contribution in [0.4, 0.5) is 0 Å². The van der Waals surface area contributed by atoms with E-state index in [0.717, 1.165) is 43.3 Å². The first-order valence-corrected chi connectivity index (χ1v) is 10.6. The SMILES string of the molecule is CC[C@H](COCCCc1oc(C=O)cc1Cc1ccccc1)OCc1ccccc1. The first-order valence-electron chi connectivity index (χ1n) is 10.6. The highest BCUT2D eigenvalue weighted by atomic mass is 16.5. The Balaban J connectivity index is 1.42. The summed E-state index contributed by atoms with van der Waals surface area (Å²) in [6, 6.07) is 22.2. The molecule has 0 aliphatic heterocycles. The number of carbonyl (C=O) groups is 1. The largest absolute Gasteiger partial charge is 0.458 e. The van der Waals surface area contributed by atoms with Crippen LogP contribution in [0.25, 0.3) is 0 Å². The van der Waals surface area contributed by atoms with Gasteiger partial charge in [0.15, 0.2) is 12.0 Å². The van der Waals surface area contributed by atoms with Crippen LogP contribution in [0.5, 0.6) is 0 Å². The molecule has 0 spiro atoms. The zero-order chi connectivity index (χ0) is 21.0. The van der Waals surface area contributed by atoms with Gasteiger partial charge < -0.3 is 13.9 Å². The first kappa shape index (κ1) is 22.0. The Morgan fingerprint density at radius 1 is 1.00 bits per heavy atom. The van der Waals surface area contributed by atoms with Gasteiger partial charge in [0.2, 0.25) is 0 Å². The van der Waals surface area contributed by atoms with E-state index in [0.29, 0.717) is 25.6 Å². The third kappa shape index (κ3) is 6.97. The van der Waals surface area contributed by atoms with Gasteiger partial charge in [0, 0.05) is 19.4 Å². The highest BCUT2D eigenvalue weighted by Crippen LogP contribution is 2.20. The topological polar surface area (TPSA) is 48.7 Å².